The molecule has 5 atom stereocenters. The number of hydrogen-bond acceptors (Lipinski definition) is 0. The molecule has 5 unspecified atom stereocenters. The minimum atomic E-state index is -0.0906. The van der Waals surface area contributed by atoms with Crippen LogP contribution in [0.3, 0.4) is 0 Å². The van der Waals surface area contributed by atoms with Crippen LogP contribution in [-0.2, 0) is 6.42 Å². The molecule has 0 spiro atoms. The Balaban J connectivity index is 1.81. The van der Waals surface area contributed by atoms with Gasteiger partial charge >= 0.3 is 0 Å². The smallest absolute Gasteiger partial charge is 0.00599 e. The predicted octanol–water partition coefficient (Wildman–Crippen LogP) is 9.16. The van der Waals surface area contributed by atoms with Gasteiger partial charge < -0.3 is 0 Å². The fourth-order valence-corrected chi connectivity index (χ4v) is 13.5. The van der Waals surface area contributed by atoms with E-state index in [9.17, 15) is 0 Å². The fourth-order valence-electron chi connectivity index (χ4n) is 8.42. The van der Waals surface area contributed by atoms with Crippen molar-refractivity contribution in [1.82, 2.24) is 0 Å². The van der Waals surface area contributed by atoms with Gasteiger partial charge in [-0.25, -0.2) is 0 Å². The van der Waals surface area contributed by atoms with Gasteiger partial charge in [-0.05, 0) is 88.8 Å². The van der Waals surface area contributed by atoms with Crippen LogP contribution >= 0.6 is 7.92 Å². The first-order valence-corrected chi connectivity index (χ1v) is 14.3. The van der Waals surface area contributed by atoms with Gasteiger partial charge in [0.15, 0.2) is 0 Å². The van der Waals surface area contributed by atoms with E-state index in [2.05, 4.69) is 72.7 Å². The standard InChI is InChI=1S/C29H47P/c1-27(2,3)30(28(4,5)6)25-18-17-21-13-8-9-14-22(21)26(25)23-15-12-20-29(7)19-11-10-16-24(23)29/h8-9,13-14,23-26H,10-12,15-20H2,1-7H3. The SMILES string of the molecule is CC12CCCCC1C(C1c3ccccc3CCC1P(C(C)(C)C)C(C)(C)C)CCC2. The maximum atomic E-state index is 2.67. The van der Waals surface area contributed by atoms with E-state index in [1.165, 1.54) is 57.8 Å². The molecule has 3 aliphatic carbocycles. The summed E-state index contributed by atoms with van der Waals surface area (Å²) < 4.78 is 0. The zero-order valence-corrected chi connectivity index (χ0v) is 21.8. The first-order valence-electron chi connectivity index (χ1n) is 12.9. The lowest BCUT2D eigenvalue weighted by molar-refractivity contribution is 0.00259. The van der Waals surface area contributed by atoms with Crippen molar-refractivity contribution in [2.24, 2.45) is 17.3 Å². The number of benzene rings is 1. The largest absolute Gasteiger partial charge is 0.0918 e. The average molecular weight is 427 g/mol. The molecule has 0 heterocycles. The summed E-state index contributed by atoms with van der Waals surface area (Å²) in [5.74, 6) is 2.66. The van der Waals surface area contributed by atoms with Crippen LogP contribution in [0.15, 0.2) is 24.3 Å². The molecule has 4 rings (SSSR count). The van der Waals surface area contributed by atoms with E-state index in [1.807, 2.05) is 0 Å². The molecule has 0 aromatic heterocycles. The molecule has 0 amide bonds. The van der Waals surface area contributed by atoms with Gasteiger partial charge in [0.1, 0.15) is 0 Å². The van der Waals surface area contributed by atoms with Crippen molar-refractivity contribution in [2.75, 3.05) is 0 Å². The van der Waals surface area contributed by atoms with Crippen molar-refractivity contribution in [3.05, 3.63) is 35.4 Å². The Morgan fingerprint density at radius 3 is 2.20 bits per heavy atom. The Labute approximate surface area is 188 Å². The van der Waals surface area contributed by atoms with Gasteiger partial charge in [-0.3, -0.25) is 0 Å². The third kappa shape index (κ3) is 4.17. The molecule has 0 bridgehead atoms. The Bertz CT molecular complexity index is 717. The molecular formula is C29H47P. The van der Waals surface area contributed by atoms with Gasteiger partial charge in [0.05, 0.1) is 0 Å². The van der Waals surface area contributed by atoms with Crippen LogP contribution in [0.25, 0.3) is 0 Å². The molecule has 0 nitrogen and oxygen atoms in total. The van der Waals surface area contributed by atoms with Crippen LogP contribution in [-0.4, -0.2) is 16.0 Å². The molecule has 0 N–H and O–H groups in total. The Hall–Kier alpha value is -0.350. The van der Waals surface area contributed by atoms with Gasteiger partial charge in [-0.1, -0.05) is 99.9 Å². The third-order valence-electron chi connectivity index (χ3n) is 8.99. The molecule has 0 saturated heterocycles. The summed E-state index contributed by atoms with van der Waals surface area (Å²) >= 11 is 0. The van der Waals surface area contributed by atoms with Crippen LogP contribution in [0, 0.1) is 17.3 Å². The first-order chi connectivity index (χ1) is 14.0. The first kappa shape index (κ1) is 22.8. The van der Waals surface area contributed by atoms with Crippen molar-refractivity contribution < 1.29 is 0 Å². The fraction of sp³-hybridized carbons (Fsp3) is 0.793. The van der Waals surface area contributed by atoms with E-state index in [-0.39, 0.29) is 7.92 Å². The quantitative estimate of drug-likeness (QED) is 0.413. The zero-order valence-electron chi connectivity index (χ0n) is 20.9. The van der Waals surface area contributed by atoms with E-state index in [1.54, 1.807) is 11.1 Å². The van der Waals surface area contributed by atoms with E-state index < -0.39 is 0 Å². The normalized spacial score (nSPS) is 35.1. The molecule has 2 saturated carbocycles. The average Bonchev–Trinajstić information content (AvgIpc) is 2.64. The summed E-state index contributed by atoms with van der Waals surface area (Å²) in [5.41, 5.74) is 4.93. The molecule has 1 aromatic carbocycles. The van der Waals surface area contributed by atoms with E-state index in [0.717, 1.165) is 23.4 Å². The van der Waals surface area contributed by atoms with Crippen LogP contribution in [0.4, 0.5) is 0 Å². The topological polar surface area (TPSA) is 0 Å². The Morgan fingerprint density at radius 2 is 1.50 bits per heavy atom. The van der Waals surface area contributed by atoms with E-state index >= 15 is 0 Å². The van der Waals surface area contributed by atoms with Crippen LogP contribution in [0.1, 0.15) is 117 Å². The maximum Gasteiger partial charge on any atom is -0.00599 e. The number of aryl methyl sites for hydroxylation is 1. The summed E-state index contributed by atoms with van der Waals surface area (Å²) in [6.07, 6.45) is 13.1. The second kappa shape index (κ2) is 8.21. The van der Waals surface area contributed by atoms with Crippen molar-refractivity contribution in [3.63, 3.8) is 0 Å². The molecule has 0 radical (unpaired) electrons. The second-order valence-electron chi connectivity index (χ2n) is 13.1. The Kier molecular flexibility index (Phi) is 6.25. The van der Waals surface area contributed by atoms with Gasteiger partial charge in [0, 0.05) is 0 Å². The highest BCUT2D eigenvalue weighted by Crippen LogP contribution is 2.70. The monoisotopic (exact) mass is 426 g/mol. The molecule has 0 aliphatic heterocycles. The highest BCUT2D eigenvalue weighted by atomic mass is 31.1. The van der Waals surface area contributed by atoms with Gasteiger partial charge in [-0.15, -0.1) is 0 Å². The van der Waals surface area contributed by atoms with Gasteiger partial charge in [0.25, 0.3) is 0 Å². The zero-order chi connectivity index (χ0) is 21.7. The van der Waals surface area contributed by atoms with E-state index in [4.69, 9.17) is 0 Å². The van der Waals surface area contributed by atoms with E-state index in [0.29, 0.717) is 15.7 Å². The summed E-state index contributed by atoms with van der Waals surface area (Å²) in [6, 6.07) is 9.63. The molecule has 1 aromatic rings. The number of fused-ring (bicyclic) bond motifs is 2. The molecule has 3 aliphatic rings. The number of rotatable bonds is 2. The van der Waals surface area contributed by atoms with Gasteiger partial charge in [0.2, 0.25) is 0 Å². The van der Waals surface area contributed by atoms with Crippen molar-refractivity contribution >= 4 is 7.92 Å². The van der Waals surface area contributed by atoms with Crippen molar-refractivity contribution in [3.8, 4) is 0 Å². The van der Waals surface area contributed by atoms with Crippen LogP contribution < -0.4 is 0 Å². The van der Waals surface area contributed by atoms with Crippen LogP contribution in [0.2, 0.25) is 0 Å². The molecule has 1 heteroatoms. The minimum absolute atomic E-state index is 0.0906. The Morgan fingerprint density at radius 1 is 0.833 bits per heavy atom. The second-order valence-corrected chi connectivity index (χ2v) is 17.2. The van der Waals surface area contributed by atoms with Crippen molar-refractivity contribution in [2.45, 2.75) is 128 Å². The summed E-state index contributed by atoms with van der Waals surface area (Å²) in [4.78, 5) is 0. The minimum Gasteiger partial charge on any atom is -0.0918 e. The molecule has 168 valence electrons. The highest BCUT2D eigenvalue weighted by Gasteiger charge is 2.52. The van der Waals surface area contributed by atoms with Crippen molar-refractivity contribution in [1.29, 1.82) is 0 Å². The van der Waals surface area contributed by atoms with Gasteiger partial charge in [-0.2, -0.15) is 0 Å². The predicted molar refractivity (Wildman–Crippen MR) is 135 cm³/mol. The molecular weight excluding hydrogens is 379 g/mol. The third-order valence-corrected chi connectivity index (χ3v) is 13.1. The lowest BCUT2D eigenvalue weighted by Gasteiger charge is -2.57. The highest BCUT2D eigenvalue weighted by molar-refractivity contribution is 7.61. The maximum absolute atomic E-state index is 2.67. The summed E-state index contributed by atoms with van der Waals surface area (Å²) in [5, 5.41) is 0.820. The van der Waals surface area contributed by atoms with Crippen LogP contribution in [0.5, 0.6) is 0 Å². The molecule has 2 fully saturated rings. The lowest BCUT2D eigenvalue weighted by Crippen LogP contribution is -2.46. The molecule has 30 heavy (non-hydrogen) atoms. The summed E-state index contributed by atoms with van der Waals surface area (Å²) in [7, 11) is -0.0906. The number of hydrogen-bond donors (Lipinski definition) is 0. The lowest BCUT2D eigenvalue weighted by atomic mass is 9.53. The summed E-state index contributed by atoms with van der Waals surface area (Å²) in [6.45, 7) is 18.0.